The van der Waals surface area contributed by atoms with Crippen LogP contribution in [-0.4, -0.2) is 50.3 Å². The van der Waals surface area contributed by atoms with Gasteiger partial charge in [0.15, 0.2) is 0 Å². The molecule has 1 aromatic rings. The van der Waals surface area contributed by atoms with Crippen LogP contribution in [0.5, 0.6) is 0 Å². The molecule has 21 heavy (non-hydrogen) atoms. The Morgan fingerprint density at radius 2 is 2.10 bits per heavy atom. The fourth-order valence-corrected chi connectivity index (χ4v) is 5.42. The van der Waals surface area contributed by atoms with Crippen molar-refractivity contribution in [3.8, 4) is 0 Å². The van der Waals surface area contributed by atoms with E-state index in [4.69, 9.17) is 11.6 Å². The number of rotatable bonds is 3. The number of halogens is 2. The summed E-state index contributed by atoms with van der Waals surface area (Å²) >= 11 is 9.45. The third kappa shape index (κ3) is 3.79. The van der Waals surface area contributed by atoms with E-state index in [0.717, 1.165) is 30.4 Å². The van der Waals surface area contributed by atoms with Gasteiger partial charge < -0.3 is 4.90 Å². The summed E-state index contributed by atoms with van der Waals surface area (Å²) in [6, 6.07) is 4.90. The van der Waals surface area contributed by atoms with Crippen molar-refractivity contribution in [1.29, 1.82) is 0 Å². The second kappa shape index (κ2) is 6.96. The first kappa shape index (κ1) is 17.2. The maximum atomic E-state index is 13.0. The van der Waals surface area contributed by atoms with Crippen molar-refractivity contribution >= 4 is 37.6 Å². The molecule has 0 aromatic heterocycles. The molecular formula is C14H20BrClN2O2S. The molecule has 1 saturated heterocycles. The second-order valence-corrected chi connectivity index (χ2v) is 8.55. The van der Waals surface area contributed by atoms with Gasteiger partial charge in [0.2, 0.25) is 10.0 Å². The van der Waals surface area contributed by atoms with E-state index < -0.39 is 10.0 Å². The Hall–Kier alpha value is -0.140. The lowest BCUT2D eigenvalue weighted by molar-refractivity contribution is 0.270. The molecule has 0 spiro atoms. The second-order valence-electron chi connectivity index (χ2n) is 5.37. The van der Waals surface area contributed by atoms with E-state index in [1.54, 1.807) is 22.5 Å². The third-order valence-corrected chi connectivity index (χ3v) is 6.73. The minimum atomic E-state index is -3.56. The van der Waals surface area contributed by atoms with Gasteiger partial charge in [-0.05, 0) is 44.6 Å². The van der Waals surface area contributed by atoms with Crippen molar-refractivity contribution in [2.75, 3.05) is 26.7 Å². The van der Waals surface area contributed by atoms with Crippen LogP contribution < -0.4 is 0 Å². The highest BCUT2D eigenvalue weighted by Gasteiger charge is 2.33. The number of sulfonamides is 1. The van der Waals surface area contributed by atoms with Crippen LogP contribution in [0.3, 0.4) is 0 Å². The molecule has 1 aliphatic heterocycles. The standard InChI is InChI=1S/C14H20BrClN2O2S/c1-3-12-10-17(2)7-4-8-18(12)21(19,20)14-6-5-11(15)9-13(14)16/h5-6,9,12H,3-4,7-8,10H2,1-2H3. The van der Waals surface area contributed by atoms with Crippen LogP contribution >= 0.6 is 27.5 Å². The normalized spacial score (nSPS) is 22.2. The van der Waals surface area contributed by atoms with Gasteiger partial charge >= 0.3 is 0 Å². The van der Waals surface area contributed by atoms with E-state index in [2.05, 4.69) is 20.8 Å². The Kier molecular flexibility index (Phi) is 5.71. The van der Waals surface area contributed by atoms with E-state index >= 15 is 0 Å². The Bertz CT molecular complexity index is 609. The summed E-state index contributed by atoms with van der Waals surface area (Å²) in [5, 5.41) is 0.261. The summed E-state index contributed by atoms with van der Waals surface area (Å²) in [7, 11) is -1.53. The number of benzene rings is 1. The number of likely N-dealkylation sites (N-methyl/N-ethyl adjacent to an activating group) is 1. The van der Waals surface area contributed by atoms with Gasteiger partial charge in [0, 0.05) is 23.6 Å². The van der Waals surface area contributed by atoms with Crippen LogP contribution in [-0.2, 0) is 10.0 Å². The average molecular weight is 396 g/mol. The van der Waals surface area contributed by atoms with Crippen molar-refractivity contribution in [3.05, 3.63) is 27.7 Å². The SMILES string of the molecule is CCC1CN(C)CCCN1S(=O)(=O)c1ccc(Br)cc1Cl. The van der Waals surface area contributed by atoms with Gasteiger partial charge in [0.25, 0.3) is 0 Å². The maximum Gasteiger partial charge on any atom is 0.244 e. The number of nitrogens with zero attached hydrogens (tertiary/aromatic N) is 2. The quantitative estimate of drug-likeness (QED) is 0.789. The molecule has 0 bridgehead atoms. The predicted molar refractivity (Wildman–Crippen MR) is 89.2 cm³/mol. The van der Waals surface area contributed by atoms with Crippen LogP contribution in [0.4, 0.5) is 0 Å². The first-order valence-electron chi connectivity index (χ1n) is 7.01. The van der Waals surface area contributed by atoms with Gasteiger partial charge in [-0.25, -0.2) is 8.42 Å². The van der Waals surface area contributed by atoms with Crippen LogP contribution in [0, 0.1) is 0 Å². The zero-order valence-electron chi connectivity index (χ0n) is 12.2. The van der Waals surface area contributed by atoms with Crippen molar-refractivity contribution in [2.45, 2.75) is 30.7 Å². The van der Waals surface area contributed by atoms with Crippen LogP contribution in [0.25, 0.3) is 0 Å². The molecule has 1 aromatic carbocycles. The van der Waals surface area contributed by atoms with Gasteiger partial charge in [0.05, 0.1) is 5.02 Å². The highest BCUT2D eigenvalue weighted by Crippen LogP contribution is 2.30. The first-order valence-corrected chi connectivity index (χ1v) is 9.62. The third-order valence-electron chi connectivity index (χ3n) is 3.80. The van der Waals surface area contributed by atoms with Gasteiger partial charge in [-0.2, -0.15) is 4.31 Å². The highest BCUT2D eigenvalue weighted by atomic mass is 79.9. The number of hydrogen-bond acceptors (Lipinski definition) is 3. The van der Waals surface area contributed by atoms with Gasteiger partial charge in [-0.15, -0.1) is 0 Å². The zero-order chi connectivity index (χ0) is 15.6. The summed E-state index contributed by atoms with van der Waals surface area (Å²) in [4.78, 5) is 2.38. The van der Waals surface area contributed by atoms with E-state index in [-0.39, 0.29) is 16.0 Å². The van der Waals surface area contributed by atoms with E-state index in [1.165, 1.54) is 0 Å². The number of hydrogen-bond donors (Lipinski definition) is 0. The summed E-state index contributed by atoms with van der Waals surface area (Å²) in [5.74, 6) is 0. The smallest absolute Gasteiger partial charge is 0.244 e. The Balaban J connectivity index is 2.41. The Morgan fingerprint density at radius 1 is 1.38 bits per heavy atom. The van der Waals surface area contributed by atoms with E-state index in [0.29, 0.717) is 6.54 Å². The molecule has 0 aliphatic carbocycles. The van der Waals surface area contributed by atoms with Crippen molar-refractivity contribution in [2.24, 2.45) is 0 Å². The van der Waals surface area contributed by atoms with E-state index in [9.17, 15) is 8.42 Å². The first-order chi connectivity index (χ1) is 9.86. The summed E-state index contributed by atoms with van der Waals surface area (Å²) in [6.45, 7) is 4.23. The largest absolute Gasteiger partial charge is 0.305 e. The van der Waals surface area contributed by atoms with Crippen molar-refractivity contribution in [1.82, 2.24) is 9.21 Å². The highest BCUT2D eigenvalue weighted by molar-refractivity contribution is 9.10. The van der Waals surface area contributed by atoms with Gasteiger partial charge in [-0.3, -0.25) is 0 Å². The van der Waals surface area contributed by atoms with Crippen LogP contribution in [0.2, 0.25) is 5.02 Å². The fraction of sp³-hybridized carbons (Fsp3) is 0.571. The minimum absolute atomic E-state index is 0.0118. The lowest BCUT2D eigenvalue weighted by atomic mass is 10.2. The molecule has 2 rings (SSSR count). The molecule has 0 radical (unpaired) electrons. The Labute approximate surface area is 140 Å². The summed E-state index contributed by atoms with van der Waals surface area (Å²) in [6.07, 6.45) is 1.62. The fourth-order valence-electron chi connectivity index (χ4n) is 2.68. The molecule has 4 nitrogen and oxygen atoms in total. The van der Waals surface area contributed by atoms with Crippen molar-refractivity contribution in [3.63, 3.8) is 0 Å². The zero-order valence-corrected chi connectivity index (χ0v) is 15.4. The molecule has 1 aliphatic rings. The summed E-state index contributed by atoms with van der Waals surface area (Å²) < 4.78 is 28.3. The van der Waals surface area contributed by atoms with Gasteiger partial charge in [-0.1, -0.05) is 34.5 Å². The molecule has 0 saturated carbocycles. The average Bonchev–Trinajstić information content (AvgIpc) is 2.59. The molecule has 0 amide bonds. The summed E-state index contributed by atoms with van der Waals surface area (Å²) in [5.41, 5.74) is 0. The minimum Gasteiger partial charge on any atom is -0.305 e. The Morgan fingerprint density at radius 3 is 2.71 bits per heavy atom. The molecular weight excluding hydrogens is 376 g/mol. The molecule has 7 heteroatoms. The van der Waals surface area contributed by atoms with Crippen LogP contribution in [0.15, 0.2) is 27.6 Å². The molecule has 1 heterocycles. The molecule has 118 valence electrons. The van der Waals surface area contributed by atoms with E-state index in [1.807, 2.05) is 14.0 Å². The molecule has 1 atom stereocenters. The predicted octanol–water partition coefficient (Wildman–Crippen LogP) is 3.21. The lowest BCUT2D eigenvalue weighted by Crippen LogP contribution is -2.43. The van der Waals surface area contributed by atoms with Gasteiger partial charge in [0.1, 0.15) is 4.90 Å². The molecule has 1 unspecified atom stereocenters. The monoisotopic (exact) mass is 394 g/mol. The maximum absolute atomic E-state index is 13.0. The molecule has 1 fully saturated rings. The van der Waals surface area contributed by atoms with Crippen molar-refractivity contribution < 1.29 is 8.42 Å². The van der Waals surface area contributed by atoms with Crippen LogP contribution in [0.1, 0.15) is 19.8 Å². The lowest BCUT2D eigenvalue weighted by Gasteiger charge is -2.29. The molecule has 0 N–H and O–H groups in total. The topological polar surface area (TPSA) is 40.6 Å².